The number of para-hydroxylation sites is 2. The Hall–Kier alpha value is -3.91. The average molecular weight is 486 g/mol. The van der Waals surface area contributed by atoms with Crippen molar-refractivity contribution in [2.75, 3.05) is 10.2 Å². The van der Waals surface area contributed by atoms with Gasteiger partial charge in [0.05, 0.1) is 10.9 Å². The molecular formula is C27H23N3O4S. The third-order valence-corrected chi connectivity index (χ3v) is 6.86. The number of amides is 3. The zero-order valence-corrected chi connectivity index (χ0v) is 19.9. The number of fused-ring (bicyclic) bond motifs is 1. The Balaban J connectivity index is 1.26. The van der Waals surface area contributed by atoms with E-state index in [0.29, 0.717) is 29.3 Å². The summed E-state index contributed by atoms with van der Waals surface area (Å²) in [5.41, 5.74) is 3.47. The van der Waals surface area contributed by atoms with Crippen LogP contribution in [0.5, 0.6) is 0 Å². The van der Waals surface area contributed by atoms with Crippen molar-refractivity contribution in [1.29, 1.82) is 0 Å². The highest BCUT2D eigenvalue weighted by Gasteiger charge is 2.40. The van der Waals surface area contributed by atoms with E-state index in [0.717, 1.165) is 22.4 Å². The number of carbonyl (C=O) groups is 3. The topological polar surface area (TPSA) is 92.5 Å². The summed E-state index contributed by atoms with van der Waals surface area (Å²) in [5.74, 6) is -0.0117. The summed E-state index contributed by atoms with van der Waals surface area (Å²) in [6.45, 7) is 1.95. The molecule has 5 rings (SSSR count). The molecule has 0 saturated carbocycles. The normalized spacial score (nSPS) is 15.7. The number of oxazole rings is 1. The van der Waals surface area contributed by atoms with Gasteiger partial charge in [-0.2, -0.15) is 0 Å². The van der Waals surface area contributed by atoms with Crippen molar-refractivity contribution in [3.05, 3.63) is 72.8 Å². The van der Waals surface area contributed by atoms with E-state index in [2.05, 4.69) is 10.3 Å². The highest BCUT2D eigenvalue weighted by Crippen LogP contribution is 2.35. The first-order valence-electron chi connectivity index (χ1n) is 11.4. The molecule has 35 heavy (non-hydrogen) atoms. The molecule has 3 aromatic carbocycles. The summed E-state index contributed by atoms with van der Waals surface area (Å²) < 4.78 is 5.80. The van der Waals surface area contributed by atoms with Crippen LogP contribution in [-0.2, 0) is 14.4 Å². The molecule has 1 aliphatic rings. The zero-order chi connectivity index (χ0) is 24.4. The molecule has 0 aliphatic carbocycles. The highest BCUT2D eigenvalue weighted by atomic mass is 32.2. The number of nitrogens with zero attached hydrogens (tertiary/aromatic N) is 2. The fourth-order valence-electron chi connectivity index (χ4n) is 3.95. The molecule has 1 atom stereocenters. The first-order chi connectivity index (χ1) is 17.0. The Morgan fingerprint density at radius 2 is 1.80 bits per heavy atom. The Kier molecular flexibility index (Phi) is 6.37. The Labute approximate surface area is 206 Å². The van der Waals surface area contributed by atoms with Crippen LogP contribution in [0.4, 0.5) is 11.4 Å². The summed E-state index contributed by atoms with van der Waals surface area (Å²) in [5, 5.41) is 2.34. The third kappa shape index (κ3) is 4.83. The Morgan fingerprint density at radius 1 is 1.06 bits per heavy atom. The minimum absolute atomic E-state index is 0.0257. The van der Waals surface area contributed by atoms with Crippen molar-refractivity contribution >= 4 is 52.0 Å². The van der Waals surface area contributed by atoms with Crippen LogP contribution < -0.4 is 10.2 Å². The van der Waals surface area contributed by atoms with Gasteiger partial charge in [-0.3, -0.25) is 14.4 Å². The molecule has 1 unspecified atom stereocenters. The molecule has 0 spiro atoms. The van der Waals surface area contributed by atoms with E-state index in [4.69, 9.17) is 4.42 Å². The first kappa shape index (κ1) is 22.9. The van der Waals surface area contributed by atoms with Gasteiger partial charge in [-0.25, -0.2) is 9.88 Å². The molecule has 1 aromatic heterocycles. The first-order valence-corrected chi connectivity index (χ1v) is 12.3. The van der Waals surface area contributed by atoms with Crippen molar-refractivity contribution in [3.8, 4) is 11.5 Å². The minimum Gasteiger partial charge on any atom is -0.436 e. The predicted octanol–water partition coefficient (Wildman–Crippen LogP) is 5.66. The van der Waals surface area contributed by atoms with Crippen LogP contribution in [0, 0.1) is 0 Å². The van der Waals surface area contributed by atoms with Gasteiger partial charge in [-0.05, 0) is 67.1 Å². The smallest absolute Gasteiger partial charge is 0.247 e. The van der Waals surface area contributed by atoms with Crippen LogP contribution in [0.25, 0.3) is 22.6 Å². The van der Waals surface area contributed by atoms with Gasteiger partial charge in [-0.15, -0.1) is 11.8 Å². The number of carbonyl (C=O) groups excluding carboxylic acids is 3. The van der Waals surface area contributed by atoms with Gasteiger partial charge in [0.25, 0.3) is 0 Å². The van der Waals surface area contributed by atoms with Gasteiger partial charge < -0.3 is 9.73 Å². The lowest BCUT2D eigenvalue weighted by atomic mass is 10.2. The van der Waals surface area contributed by atoms with E-state index in [9.17, 15) is 14.4 Å². The van der Waals surface area contributed by atoms with Crippen LogP contribution >= 0.6 is 11.8 Å². The molecule has 0 bridgehead atoms. The quantitative estimate of drug-likeness (QED) is 0.340. The molecule has 1 aliphatic heterocycles. The number of thioether (sulfide) groups is 1. The molecule has 1 saturated heterocycles. The van der Waals surface area contributed by atoms with Gasteiger partial charge >= 0.3 is 0 Å². The van der Waals surface area contributed by atoms with E-state index in [1.54, 1.807) is 36.4 Å². The van der Waals surface area contributed by atoms with Crippen molar-refractivity contribution < 1.29 is 18.8 Å². The van der Waals surface area contributed by atoms with E-state index in [1.807, 2.05) is 43.3 Å². The second-order valence-corrected chi connectivity index (χ2v) is 9.51. The molecule has 7 nitrogen and oxygen atoms in total. The summed E-state index contributed by atoms with van der Waals surface area (Å²) in [4.78, 5) is 44.1. The van der Waals surface area contributed by atoms with Crippen LogP contribution in [-0.4, -0.2) is 28.0 Å². The van der Waals surface area contributed by atoms with E-state index < -0.39 is 5.25 Å². The molecule has 8 heteroatoms. The number of imide groups is 1. The number of hydrogen-bond donors (Lipinski definition) is 1. The maximum atomic E-state index is 13.1. The molecular weight excluding hydrogens is 462 g/mol. The van der Waals surface area contributed by atoms with E-state index in [1.165, 1.54) is 16.7 Å². The van der Waals surface area contributed by atoms with Crippen molar-refractivity contribution in [3.63, 3.8) is 0 Å². The van der Waals surface area contributed by atoms with Gasteiger partial charge in [-0.1, -0.05) is 19.1 Å². The lowest BCUT2D eigenvalue weighted by Gasteiger charge is -2.15. The summed E-state index contributed by atoms with van der Waals surface area (Å²) in [7, 11) is 0. The van der Waals surface area contributed by atoms with Crippen LogP contribution in [0.15, 0.2) is 82.1 Å². The fourth-order valence-corrected chi connectivity index (χ4v) is 5.00. The zero-order valence-electron chi connectivity index (χ0n) is 19.1. The van der Waals surface area contributed by atoms with E-state index in [-0.39, 0.29) is 24.1 Å². The maximum absolute atomic E-state index is 13.1. The van der Waals surface area contributed by atoms with Crippen molar-refractivity contribution in [2.24, 2.45) is 0 Å². The van der Waals surface area contributed by atoms with Crippen molar-refractivity contribution in [2.45, 2.75) is 36.3 Å². The summed E-state index contributed by atoms with van der Waals surface area (Å²) in [6, 6.07) is 21.9. The molecule has 1 fully saturated rings. The van der Waals surface area contributed by atoms with Gasteiger partial charge in [0.15, 0.2) is 5.58 Å². The lowest BCUT2D eigenvalue weighted by molar-refractivity contribution is -0.121. The SMILES string of the molecule is CCCC(=O)Nc1ccc(SC2CC(=O)N(c3ccc(-c4nc5ccccc5o4)cc3)C2=O)cc1. The molecule has 176 valence electrons. The number of benzene rings is 3. The highest BCUT2D eigenvalue weighted by molar-refractivity contribution is 8.00. The second kappa shape index (κ2) is 9.76. The molecule has 3 amide bonds. The van der Waals surface area contributed by atoms with Gasteiger partial charge in [0.1, 0.15) is 5.52 Å². The summed E-state index contributed by atoms with van der Waals surface area (Å²) >= 11 is 1.35. The lowest BCUT2D eigenvalue weighted by Crippen LogP contribution is -2.31. The summed E-state index contributed by atoms with van der Waals surface area (Å²) in [6.07, 6.45) is 1.39. The van der Waals surface area contributed by atoms with Crippen LogP contribution in [0.1, 0.15) is 26.2 Å². The molecule has 2 heterocycles. The van der Waals surface area contributed by atoms with Crippen LogP contribution in [0.3, 0.4) is 0 Å². The largest absolute Gasteiger partial charge is 0.436 e. The fraction of sp³-hybridized carbons (Fsp3) is 0.185. The number of rotatable bonds is 7. The number of anilines is 2. The number of nitrogens with one attached hydrogen (secondary N) is 1. The van der Waals surface area contributed by atoms with Gasteiger partial charge in [0.2, 0.25) is 23.6 Å². The number of hydrogen-bond acceptors (Lipinski definition) is 6. The predicted molar refractivity (Wildman–Crippen MR) is 136 cm³/mol. The van der Waals surface area contributed by atoms with Crippen molar-refractivity contribution in [1.82, 2.24) is 4.98 Å². The third-order valence-electron chi connectivity index (χ3n) is 5.67. The van der Waals surface area contributed by atoms with Gasteiger partial charge in [0, 0.05) is 29.0 Å². The Morgan fingerprint density at radius 3 is 2.51 bits per heavy atom. The standard InChI is InChI=1S/C27H23N3O4S/c1-2-5-24(31)28-18-10-14-20(15-11-18)35-23-16-25(32)30(27(23)33)19-12-8-17(9-13-19)26-29-21-6-3-4-7-22(21)34-26/h3-4,6-15,23H,2,5,16H2,1H3,(H,28,31). The maximum Gasteiger partial charge on any atom is 0.247 e. The van der Waals surface area contributed by atoms with E-state index >= 15 is 0 Å². The second-order valence-electron chi connectivity index (χ2n) is 8.23. The molecule has 1 N–H and O–H groups in total. The average Bonchev–Trinajstić information content (AvgIpc) is 3.41. The number of aromatic nitrogens is 1. The Bertz CT molecular complexity index is 1360. The molecule has 4 aromatic rings. The monoisotopic (exact) mass is 485 g/mol. The van der Waals surface area contributed by atoms with Crippen LogP contribution in [0.2, 0.25) is 0 Å². The minimum atomic E-state index is -0.500. The molecule has 0 radical (unpaired) electrons.